The van der Waals surface area contributed by atoms with E-state index in [4.69, 9.17) is 5.73 Å². The predicted octanol–water partition coefficient (Wildman–Crippen LogP) is 4.31. The molecule has 1 aromatic carbocycles. The number of nitrogens with two attached hydrogens (primary N) is 1. The van der Waals surface area contributed by atoms with Crippen molar-refractivity contribution in [3.05, 3.63) is 78.0 Å². The van der Waals surface area contributed by atoms with E-state index in [1.807, 2.05) is 62.5 Å². The molecule has 5 nitrogen and oxygen atoms in total. The van der Waals surface area contributed by atoms with Gasteiger partial charge in [-0.15, -0.1) is 0 Å². The molecule has 5 heteroatoms. The van der Waals surface area contributed by atoms with E-state index in [2.05, 4.69) is 32.7 Å². The summed E-state index contributed by atoms with van der Waals surface area (Å²) in [5.74, 6) is 2.13. The number of nitrogen functional groups attached to an aromatic ring is 1. The topological polar surface area (TPSA) is 75.9 Å². The van der Waals surface area contributed by atoms with Gasteiger partial charge in [-0.3, -0.25) is 0 Å². The Balaban J connectivity index is 0.00000109. The van der Waals surface area contributed by atoms with E-state index in [0.717, 1.165) is 23.7 Å². The standard InChI is InChI=1S/C18H19N5.C2H6/c19-16-7-4-8-18(23-16)22-13-15-9-10-17(21-12-15)20-11-14-5-2-1-3-6-14;1-2/h1-10,12H,11,13H2,(H,20,21)(H3,19,22,23);1-2H3. The maximum atomic E-state index is 5.66. The predicted molar refractivity (Wildman–Crippen MR) is 105 cm³/mol. The summed E-state index contributed by atoms with van der Waals surface area (Å²) < 4.78 is 0. The molecule has 0 aliphatic carbocycles. The zero-order valence-corrected chi connectivity index (χ0v) is 14.7. The van der Waals surface area contributed by atoms with Crippen LogP contribution in [0.15, 0.2) is 66.9 Å². The van der Waals surface area contributed by atoms with Crippen molar-refractivity contribution in [3.63, 3.8) is 0 Å². The van der Waals surface area contributed by atoms with Crippen molar-refractivity contribution in [3.8, 4) is 0 Å². The molecule has 0 amide bonds. The van der Waals surface area contributed by atoms with Crippen LogP contribution in [0, 0.1) is 0 Å². The molecule has 0 saturated carbocycles. The Morgan fingerprint density at radius 2 is 1.48 bits per heavy atom. The number of aromatic nitrogens is 2. The molecule has 0 spiro atoms. The van der Waals surface area contributed by atoms with Gasteiger partial charge in [-0.2, -0.15) is 0 Å². The van der Waals surface area contributed by atoms with E-state index in [9.17, 15) is 0 Å². The smallest absolute Gasteiger partial charge is 0.128 e. The molecule has 0 unspecified atom stereocenters. The van der Waals surface area contributed by atoms with E-state index in [1.165, 1.54) is 5.56 Å². The summed E-state index contributed by atoms with van der Waals surface area (Å²) in [6, 6.07) is 19.8. The second-order valence-electron chi connectivity index (χ2n) is 5.19. The Hall–Kier alpha value is -3.08. The first-order valence-corrected chi connectivity index (χ1v) is 8.49. The fraction of sp³-hybridized carbons (Fsp3) is 0.200. The minimum atomic E-state index is 0.508. The van der Waals surface area contributed by atoms with Crippen molar-refractivity contribution < 1.29 is 0 Å². The summed E-state index contributed by atoms with van der Waals surface area (Å²) in [7, 11) is 0. The van der Waals surface area contributed by atoms with Gasteiger partial charge in [0.2, 0.25) is 0 Å². The normalized spacial score (nSPS) is 9.68. The van der Waals surface area contributed by atoms with Gasteiger partial charge >= 0.3 is 0 Å². The summed E-state index contributed by atoms with van der Waals surface area (Å²) in [6.07, 6.45) is 1.85. The second-order valence-corrected chi connectivity index (χ2v) is 5.19. The Labute approximate surface area is 149 Å². The molecule has 4 N–H and O–H groups in total. The van der Waals surface area contributed by atoms with Gasteiger partial charge in [0, 0.05) is 19.3 Å². The van der Waals surface area contributed by atoms with Crippen molar-refractivity contribution in [2.24, 2.45) is 0 Å². The first-order chi connectivity index (χ1) is 12.3. The highest BCUT2D eigenvalue weighted by molar-refractivity contribution is 5.43. The molecule has 130 valence electrons. The minimum absolute atomic E-state index is 0.508. The van der Waals surface area contributed by atoms with Gasteiger partial charge in [0.25, 0.3) is 0 Å². The second kappa shape index (κ2) is 9.93. The van der Waals surface area contributed by atoms with Crippen LogP contribution in [0.3, 0.4) is 0 Å². The van der Waals surface area contributed by atoms with Gasteiger partial charge in [0.1, 0.15) is 17.5 Å². The van der Waals surface area contributed by atoms with Crippen LogP contribution < -0.4 is 16.4 Å². The number of pyridine rings is 2. The van der Waals surface area contributed by atoms with E-state index in [1.54, 1.807) is 6.07 Å². The average molecular weight is 335 g/mol. The van der Waals surface area contributed by atoms with Gasteiger partial charge < -0.3 is 16.4 Å². The van der Waals surface area contributed by atoms with E-state index >= 15 is 0 Å². The Morgan fingerprint density at radius 3 is 2.16 bits per heavy atom. The SMILES string of the molecule is CC.Nc1cccc(NCc2ccc(NCc3ccccc3)nc2)n1. The van der Waals surface area contributed by atoms with Gasteiger partial charge in [-0.25, -0.2) is 9.97 Å². The first kappa shape index (κ1) is 18.3. The van der Waals surface area contributed by atoms with Crippen LogP contribution in [0.2, 0.25) is 0 Å². The number of anilines is 3. The van der Waals surface area contributed by atoms with Crippen molar-refractivity contribution in [2.75, 3.05) is 16.4 Å². The van der Waals surface area contributed by atoms with Crippen molar-refractivity contribution in [2.45, 2.75) is 26.9 Å². The molecular formula is C20H25N5. The van der Waals surface area contributed by atoms with E-state index in [0.29, 0.717) is 12.4 Å². The fourth-order valence-corrected chi connectivity index (χ4v) is 2.16. The molecule has 0 atom stereocenters. The van der Waals surface area contributed by atoms with E-state index < -0.39 is 0 Å². The molecule has 25 heavy (non-hydrogen) atoms. The summed E-state index contributed by atoms with van der Waals surface area (Å²) in [6.45, 7) is 5.42. The molecule has 3 aromatic rings. The Morgan fingerprint density at radius 1 is 0.760 bits per heavy atom. The van der Waals surface area contributed by atoms with Crippen molar-refractivity contribution in [1.29, 1.82) is 0 Å². The summed E-state index contributed by atoms with van der Waals surface area (Å²) in [4.78, 5) is 8.63. The summed E-state index contributed by atoms with van der Waals surface area (Å²) in [5.41, 5.74) is 7.97. The molecule has 0 radical (unpaired) electrons. The fourth-order valence-electron chi connectivity index (χ4n) is 2.16. The molecule has 2 aromatic heterocycles. The molecule has 0 fully saturated rings. The largest absolute Gasteiger partial charge is 0.384 e. The molecule has 2 heterocycles. The maximum Gasteiger partial charge on any atom is 0.128 e. The first-order valence-electron chi connectivity index (χ1n) is 8.49. The van der Waals surface area contributed by atoms with E-state index in [-0.39, 0.29) is 0 Å². The number of nitrogens with one attached hydrogen (secondary N) is 2. The number of hydrogen-bond acceptors (Lipinski definition) is 5. The third-order valence-corrected chi connectivity index (χ3v) is 3.39. The highest BCUT2D eigenvalue weighted by Crippen LogP contribution is 2.10. The Kier molecular flexibility index (Phi) is 7.25. The van der Waals surface area contributed by atoms with Crippen LogP contribution >= 0.6 is 0 Å². The molecule has 0 aliphatic rings. The number of rotatable bonds is 6. The lowest BCUT2D eigenvalue weighted by Gasteiger charge is -2.08. The third kappa shape index (κ3) is 6.14. The number of hydrogen-bond donors (Lipinski definition) is 3. The molecule has 0 saturated heterocycles. The number of nitrogens with zero attached hydrogens (tertiary/aromatic N) is 2. The highest BCUT2D eigenvalue weighted by atomic mass is 15.0. The average Bonchev–Trinajstić information content (AvgIpc) is 2.68. The number of benzene rings is 1. The zero-order chi connectivity index (χ0) is 17.9. The lowest BCUT2D eigenvalue weighted by atomic mass is 10.2. The van der Waals surface area contributed by atoms with Gasteiger partial charge in [0.05, 0.1) is 0 Å². The Bertz CT molecular complexity index is 742. The molecule has 3 rings (SSSR count). The third-order valence-electron chi connectivity index (χ3n) is 3.39. The van der Waals surface area contributed by atoms with Crippen LogP contribution in [0.5, 0.6) is 0 Å². The monoisotopic (exact) mass is 335 g/mol. The quantitative estimate of drug-likeness (QED) is 0.626. The van der Waals surface area contributed by atoms with Crippen molar-refractivity contribution >= 4 is 17.5 Å². The van der Waals surface area contributed by atoms with Crippen LogP contribution in [-0.4, -0.2) is 9.97 Å². The van der Waals surface area contributed by atoms with Gasteiger partial charge in [-0.05, 0) is 29.3 Å². The van der Waals surface area contributed by atoms with Crippen LogP contribution in [-0.2, 0) is 13.1 Å². The van der Waals surface area contributed by atoms with Gasteiger partial charge in [-0.1, -0.05) is 56.3 Å². The lowest BCUT2D eigenvalue weighted by Crippen LogP contribution is -2.04. The van der Waals surface area contributed by atoms with Crippen molar-refractivity contribution in [1.82, 2.24) is 9.97 Å². The molecule has 0 aliphatic heterocycles. The minimum Gasteiger partial charge on any atom is -0.384 e. The van der Waals surface area contributed by atoms with Gasteiger partial charge in [0.15, 0.2) is 0 Å². The summed E-state index contributed by atoms with van der Waals surface area (Å²) >= 11 is 0. The van der Waals surface area contributed by atoms with Crippen LogP contribution in [0.1, 0.15) is 25.0 Å². The van der Waals surface area contributed by atoms with Crippen LogP contribution in [0.4, 0.5) is 17.5 Å². The summed E-state index contributed by atoms with van der Waals surface area (Å²) in [5, 5.41) is 6.54. The zero-order valence-electron chi connectivity index (χ0n) is 14.7. The molecular weight excluding hydrogens is 310 g/mol. The van der Waals surface area contributed by atoms with Crippen LogP contribution in [0.25, 0.3) is 0 Å². The highest BCUT2D eigenvalue weighted by Gasteiger charge is 1.98. The maximum absolute atomic E-state index is 5.66. The molecule has 0 bridgehead atoms. The lowest BCUT2D eigenvalue weighted by molar-refractivity contribution is 1.07.